The number of hydrogen-bond acceptors (Lipinski definition) is 4. The van der Waals surface area contributed by atoms with Gasteiger partial charge in [0.05, 0.1) is 0 Å². The number of carbonyl (C=O) groups excluding carboxylic acids is 3. The Labute approximate surface area is 143 Å². The van der Waals surface area contributed by atoms with Gasteiger partial charge in [-0.25, -0.2) is 9.18 Å². The number of nitrogens with one attached hydrogen (secondary N) is 2. The van der Waals surface area contributed by atoms with Crippen molar-refractivity contribution in [3.8, 4) is 0 Å². The number of ether oxygens (including phenoxy) is 1. The lowest BCUT2D eigenvalue weighted by Gasteiger charge is -2.07. The summed E-state index contributed by atoms with van der Waals surface area (Å²) in [5.41, 5.74) is 5.18. The normalized spacial score (nSPS) is 10.3. The third-order valence-corrected chi connectivity index (χ3v) is 2.96. The number of esters is 1. The standard InChI is InChI=1S/C18H15FN2O4/c19-15-8-4-5-13(11-15)9-10-17(23)25-12-16(22)20-21-18(24)14-6-2-1-3-7-14/h1-11H,12H2,(H,20,22)(H,21,24)/b10-9+. The second-order valence-electron chi connectivity index (χ2n) is 4.86. The predicted molar refractivity (Wildman–Crippen MR) is 88.4 cm³/mol. The summed E-state index contributed by atoms with van der Waals surface area (Å²) in [7, 11) is 0. The minimum Gasteiger partial charge on any atom is -0.452 e. The van der Waals surface area contributed by atoms with E-state index >= 15 is 0 Å². The number of amides is 2. The van der Waals surface area contributed by atoms with Crippen molar-refractivity contribution in [1.29, 1.82) is 0 Å². The first-order chi connectivity index (χ1) is 12.0. The maximum atomic E-state index is 13.0. The summed E-state index contributed by atoms with van der Waals surface area (Å²) in [6.45, 7) is -0.568. The number of benzene rings is 2. The molecule has 0 atom stereocenters. The molecule has 2 rings (SSSR count). The number of rotatable bonds is 5. The molecular formula is C18H15FN2O4. The van der Waals surface area contributed by atoms with Crippen LogP contribution in [0.4, 0.5) is 4.39 Å². The molecule has 2 N–H and O–H groups in total. The Hall–Kier alpha value is -3.48. The topological polar surface area (TPSA) is 84.5 Å². The molecule has 0 saturated heterocycles. The SMILES string of the molecule is O=C(COC(=O)/C=C/c1cccc(F)c1)NNC(=O)c1ccccc1. The van der Waals surface area contributed by atoms with E-state index in [-0.39, 0.29) is 0 Å². The first-order valence-electron chi connectivity index (χ1n) is 7.29. The number of hydrazine groups is 1. The van der Waals surface area contributed by atoms with Crippen molar-refractivity contribution in [3.63, 3.8) is 0 Å². The van der Waals surface area contributed by atoms with E-state index in [9.17, 15) is 18.8 Å². The van der Waals surface area contributed by atoms with Gasteiger partial charge in [-0.15, -0.1) is 0 Å². The van der Waals surface area contributed by atoms with Gasteiger partial charge in [-0.3, -0.25) is 20.4 Å². The molecular weight excluding hydrogens is 327 g/mol. The summed E-state index contributed by atoms with van der Waals surface area (Å²) < 4.78 is 17.7. The van der Waals surface area contributed by atoms with Crippen molar-refractivity contribution >= 4 is 23.9 Å². The molecule has 0 aliphatic carbocycles. The molecule has 2 aromatic rings. The van der Waals surface area contributed by atoms with Crippen molar-refractivity contribution in [2.75, 3.05) is 6.61 Å². The van der Waals surface area contributed by atoms with Gasteiger partial charge in [0.2, 0.25) is 0 Å². The molecule has 6 nitrogen and oxygen atoms in total. The van der Waals surface area contributed by atoms with Crippen LogP contribution < -0.4 is 10.9 Å². The number of carbonyl (C=O) groups is 3. The van der Waals surface area contributed by atoms with E-state index in [0.29, 0.717) is 11.1 Å². The number of hydrogen-bond donors (Lipinski definition) is 2. The minimum absolute atomic E-state index is 0.373. The largest absolute Gasteiger partial charge is 0.452 e. The summed E-state index contributed by atoms with van der Waals surface area (Å²) in [5.74, 6) is -2.39. The molecule has 0 aliphatic heterocycles. The highest BCUT2D eigenvalue weighted by molar-refractivity contribution is 5.95. The van der Waals surface area contributed by atoms with E-state index in [0.717, 1.165) is 6.08 Å². The van der Waals surface area contributed by atoms with E-state index in [2.05, 4.69) is 10.9 Å². The fourth-order valence-corrected chi connectivity index (χ4v) is 1.78. The van der Waals surface area contributed by atoms with Crippen LogP contribution in [-0.2, 0) is 14.3 Å². The molecule has 2 amide bonds. The maximum Gasteiger partial charge on any atom is 0.331 e. The van der Waals surface area contributed by atoms with Gasteiger partial charge in [-0.2, -0.15) is 0 Å². The molecule has 0 aliphatic rings. The Morgan fingerprint density at radius 1 is 1.00 bits per heavy atom. The molecule has 128 valence electrons. The zero-order valence-corrected chi connectivity index (χ0v) is 13.1. The minimum atomic E-state index is -0.770. The van der Waals surface area contributed by atoms with Gasteiger partial charge in [-0.1, -0.05) is 30.3 Å². The summed E-state index contributed by atoms with van der Waals surface area (Å²) in [6.07, 6.45) is 2.44. The molecule has 2 aromatic carbocycles. The third kappa shape index (κ3) is 6.26. The summed E-state index contributed by atoms with van der Waals surface area (Å²) in [6, 6.07) is 13.9. The Morgan fingerprint density at radius 2 is 1.76 bits per heavy atom. The highest BCUT2D eigenvalue weighted by Crippen LogP contribution is 2.05. The first-order valence-corrected chi connectivity index (χ1v) is 7.29. The lowest BCUT2D eigenvalue weighted by atomic mass is 10.2. The van der Waals surface area contributed by atoms with Gasteiger partial charge < -0.3 is 4.74 Å². The lowest BCUT2D eigenvalue weighted by molar-refractivity contribution is -0.144. The van der Waals surface area contributed by atoms with Crippen molar-refractivity contribution in [3.05, 3.63) is 77.6 Å². The summed E-state index contributed by atoms with van der Waals surface area (Å²) in [5, 5.41) is 0. The van der Waals surface area contributed by atoms with E-state index in [1.54, 1.807) is 36.4 Å². The fraction of sp³-hybridized carbons (Fsp3) is 0.0556. The third-order valence-electron chi connectivity index (χ3n) is 2.96. The highest BCUT2D eigenvalue weighted by Gasteiger charge is 2.08. The second kappa shape index (κ2) is 8.97. The van der Waals surface area contributed by atoms with E-state index < -0.39 is 30.2 Å². The quantitative estimate of drug-likeness (QED) is 0.493. The van der Waals surface area contributed by atoms with E-state index in [1.165, 1.54) is 24.3 Å². The van der Waals surface area contributed by atoms with Crippen molar-refractivity contribution in [1.82, 2.24) is 10.9 Å². The Morgan fingerprint density at radius 3 is 2.48 bits per heavy atom. The van der Waals surface area contributed by atoms with Crippen LogP contribution in [-0.4, -0.2) is 24.4 Å². The van der Waals surface area contributed by atoms with Gasteiger partial charge in [0.1, 0.15) is 5.82 Å². The molecule has 25 heavy (non-hydrogen) atoms. The van der Waals surface area contributed by atoms with E-state index in [1.807, 2.05) is 0 Å². The molecule has 0 bridgehead atoms. The average Bonchev–Trinajstić information content (AvgIpc) is 2.63. The molecule has 0 heterocycles. The van der Waals surface area contributed by atoms with E-state index in [4.69, 9.17) is 4.74 Å². The molecule has 0 radical (unpaired) electrons. The summed E-state index contributed by atoms with van der Waals surface area (Å²) in [4.78, 5) is 34.7. The van der Waals surface area contributed by atoms with Crippen LogP contribution in [0.25, 0.3) is 6.08 Å². The van der Waals surface area contributed by atoms with Crippen LogP contribution in [0.2, 0.25) is 0 Å². The van der Waals surface area contributed by atoms with Crippen LogP contribution in [0.5, 0.6) is 0 Å². The highest BCUT2D eigenvalue weighted by atomic mass is 19.1. The predicted octanol–water partition coefficient (Wildman–Crippen LogP) is 1.84. The summed E-state index contributed by atoms with van der Waals surface area (Å²) >= 11 is 0. The average molecular weight is 342 g/mol. The van der Waals surface area contributed by atoms with Gasteiger partial charge in [0.15, 0.2) is 6.61 Å². The molecule has 0 saturated carbocycles. The molecule has 0 unspecified atom stereocenters. The van der Waals surface area contributed by atoms with Crippen molar-refractivity contribution in [2.45, 2.75) is 0 Å². The molecule has 0 aromatic heterocycles. The van der Waals surface area contributed by atoms with Crippen LogP contribution in [0.1, 0.15) is 15.9 Å². The van der Waals surface area contributed by atoms with Crippen molar-refractivity contribution < 1.29 is 23.5 Å². The maximum absolute atomic E-state index is 13.0. The van der Waals surface area contributed by atoms with Gasteiger partial charge in [0.25, 0.3) is 11.8 Å². The van der Waals surface area contributed by atoms with Gasteiger partial charge in [-0.05, 0) is 35.9 Å². The Kier molecular flexibility index (Phi) is 6.41. The monoisotopic (exact) mass is 342 g/mol. The smallest absolute Gasteiger partial charge is 0.331 e. The Bertz CT molecular complexity index is 791. The second-order valence-corrected chi connectivity index (χ2v) is 4.86. The van der Waals surface area contributed by atoms with Gasteiger partial charge in [0, 0.05) is 11.6 Å². The lowest BCUT2D eigenvalue weighted by Crippen LogP contribution is -2.43. The van der Waals surface area contributed by atoms with Crippen LogP contribution in [0.3, 0.4) is 0 Å². The van der Waals surface area contributed by atoms with Crippen molar-refractivity contribution in [2.24, 2.45) is 0 Å². The zero-order chi connectivity index (χ0) is 18.1. The fourth-order valence-electron chi connectivity index (χ4n) is 1.78. The molecule has 0 fully saturated rings. The zero-order valence-electron chi connectivity index (χ0n) is 13.1. The molecule has 7 heteroatoms. The van der Waals surface area contributed by atoms with Crippen LogP contribution in [0, 0.1) is 5.82 Å². The van der Waals surface area contributed by atoms with Gasteiger partial charge >= 0.3 is 5.97 Å². The molecule has 0 spiro atoms. The van der Waals surface area contributed by atoms with Crippen LogP contribution in [0.15, 0.2) is 60.7 Å². The van der Waals surface area contributed by atoms with Crippen LogP contribution >= 0.6 is 0 Å². The number of halogens is 1. The first kappa shape index (κ1) is 17.9. The Balaban J connectivity index is 1.72.